The van der Waals surface area contributed by atoms with E-state index < -0.39 is 10.5 Å². The number of rotatable bonds is 7. The van der Waals surface area contributed by atoms with Crippen LogP contribution in [0.3, 0.4) is 0 Å². The first kappa shape index (κ1) is 26.8. The first-order valence-electron chi connectivity index (χ1n) is 13.5. The van der Waals surface area contributed by atoms with Gasteiger partial charge >= 0.3 is 10.5 Å². The molecule has 1 aliphatic carbocycles. The number of halogens is 1. The topological polar surface area (TPSA) is 103 Å². The highest BCUT2D eigenvalue weighted by Crippen LogP contribution is 2.40. The Bertz CT molecular complexity index is 2030. The lowest BCUT2D eigenvalue weighted by Crippen LogP contribution is -2.15. The number of H-pyrrole nitrogens is 1. The van der Waals surface area contributed by atoms with E-state index in [1.807, 2.05) is 38.1 Å². The van der Waals surface area contributed by atoms with Crippen molar-refractivity contribution in [2.75, 3.05) is 6.61 Å². The number of aromatic amines is 1. The Morgan fingerprint density at radius 3 is 2.63 bits per heavy atom. The Kier molecular flexibility index (Phi) is 6.70. The van der Waals surface area contributed by atoms with E-state index in [4.69, 9.17) is 11.2 Å². The first-order valence-corrected chi connectivity index (χ1v) is 14.8. The molecule has 0 saturated heterocycles. The van der Waals surface area contributed by atoms with Crippen molar-refractivity contribution in [2.45, 2.75) is 45.6 Å². The van der Waals surface area contributed by atoms with Gasteiger partial charge in [0, 0.05) is 39.8 Å². The zero-order valence-corrected chi connectivity index (χ0v) is 23.4. The Hall–Kier alpha value is -4.36. The SMILES string of the molecule is C#Cc1ccc2c(c1)[nH]c1c2c(=O)c2cc(OCC(C)C)c(-c3cncc(OS(=O)(=O)F)c3)cc2n1C1CCCC1. The second-order valence-electron chi connectivity index (χ2n) is 10.8. The van der Waals surface area contributed by atoms with Crippen molar-refractivity contribution in [3.8, 4) is 35.0 Å². The van der Waals surface area contributed by atoms with E-state index in [0.29, 0.717) is 45.3 Å². The largest absolute Gasteiger partial charge is 0.493 e. The normalized spacial score (nSPS) is 14.3. The molecule has 10 heteroatoms. The quantitative estimate of drug-likeness (QED) is 0.178. The average Bonchev–Trinajstić information content (AvgIpc) is 3.59. The van der Waals surface area contributed by atoms with Crippen LogP contribution in [0.15, 0.2) is 53.6 Å². The minimum absolute atomic E-state index is 0.136. The third-order valence-corrected chi connectivity index (χ3v) is 7.89. The molecule has 0 spiro atoms. The molecular weight excluding hydrogens is 545 g/mol. The number of hydrogen-bond acceptors (Lipinski definition) is 6. The molecule has 0 radical (unpaired) electrons. The standard InChI is InChI=1S/C31H28FN3O5S/c1-4-19-9-10-23-26(11-19)34-31-29(23)30(36)25-14-28(39-17-18(2)3)24(13-27(25)35(31)21-7-5-6-8-21)20-12-22(16-33-15-20)40-41(32,37)38/h1,9-16,18,21,34H,5-8,17H2,2-3H3. The number of terminal acetylenes is 1. The van der Waals surface area contributed by atoms with E-state index in [9.17, 15) is 17.1 Å². The molecule has 1 N–H and O–H groups in total. The number of aromatic nitrogens is 3. The first-order chi connectivity index (χ1) is 19.6. The number of fused-ring (bicyclic) bond motifs is 4. The summed E-state index contributed by atoms with van der Waals surface area (Å²) in [6.07, 6.45) is 12.3. The predicted octanol–water partition coefficient (Wildman–Crippen LogP) is 6.42. The molecule has 6 rings (SSSR count). The maximum atomic E-state index is 14.2. The molecule has 0 unspecified atom stereocenters. The van der Waals surface area contributed by atoms with Crippen LogP contribution >= 0.6 is 0 Å². The lowest BCUT2D eigenvalue weighted by Gasteiger charge is -2.22. The Labute approximate surface area is 236 Å². The summed E-state index contributed by atoms with van der Waals surface area (Å²) in [4.78, 5) is 21.7. The van der Waals surface area contributed by atoms with Crippen LogP contribution in [0.5, 0.6) is 11.5 Å². The smallest absolute Gasteiger partial charge is 0.488 e. The molecule has 5 aromatic rings. The van der Waals surface area contributed by atoms with Gasteiger partial charge in [0.25, 0.3) is 0 Å². The Balaban J connectivity index is 1.69. The third-order valence-electron chi connectivity index (χ3n) is 7.50. The number of nitrogens with one attached hydrogen (secondary N) is 1. The molecule has 0 bridgehead atoms. The number of ether oxygens (including phenoxy) is 1. The fraction of sp³-hybridized carbons (Fsp3) is 0.290. The van der Waals surface area contributed by atoms with Crippen molar-refractivity contribution in [1.29, 1.82) is 0 Å². The van der Waals surface area contributed by atoms with Crippen LogP contribution in [0.2, 0.25) is 0 Å². The monoisotopic (exact) mass is 573 g/mol. The Morgan fingerprint density at radius 1 is 1.15 bits per heavy atom. The van der Waals surface area contributed by atoms with E-state index >= 15 is 0 Å². The van der Waals surface area contributed by atoms with Crippen LogP contribution in [-0.2, 0) is 10.5 Å². The van der Waals surface area contributed by atoms with E-state index in [1.54, 1.807) is 6.07 Å². The molecule has 8 nitrogen and oxygen atoms in total. The summed E-state index contributed by atoms with van der Waals surface area (Å²) >= 11 is 0. The molecular formula is C31H28FN3O5S. The molecule has 3 aromatic heterocycles. The number of hydrogen-bond donors (Lipinski definition) is 1. The lowest BCUT2D eigenvalue weighted by molar-refractivity contribution is 0.272. The number of pyridine rings is 2. The molecule has 41 heavy (non-hydrogen) atoms. The summed E-state index contributed by atoms with van der Waals surface area (Å²) in [5.74, 6) is 3.00. The number of benzene rings is 2. The van der Waals surface area contributed by atoms with Crippen molar-refractivity contribution in [2.24, 2.45) is 5.92 Å². The lowest BCUT2D eigenvalue weighted by atomic mass is 10.0. The van der Waals surface area contributed by atoms with Crippen molar-refractivity contribution in [3.63, 3.8) is 0 Å². The van der Waals surface area contributed by atoms with E-state index in [-0.39, 0.29) is 23.1 Å². The van der Waals surface area contributed by atoms with Crippen molar-refractivity contribution < 1.29 is 21.2 Å². The zero-order chi connectivity index (χ0) is 28.9. The minimum Gasteiger partial charge on any atom is -0.493 e. The molecule has 2 aromatic carbocycles. The third kappa shape index (κ3) is 5.02. The van der Waals surface area contributed by atoms with Gasteiger partial charge in [-0.3, -0.25) is 9.78 Å². The van der Waals surface area contributed by atoms with Gasteiger partial charge in [-0.05, 0) is 49.1 Å². The maximum Gasteiger partial charge on any atom is 0.488 e. The van der Waals surface area contributed by atoms with Gasteiger partial charge in [0.2, 0.25) is 0 Å². The molecule has 0 aliphatic heterocycles. The molecule has 0 atom stereocenters. The molecule has 210 valence electrons. The summed E-state index contributed by atoms with van der Waals surface area (Å²) in [5, 5.41) is 1.89. The van der Waals surface area contributed by atoms with Gasteiger partial charge in [0.1, 0.15) is 11.4 Å². The van der Waals surface area contributed by atoms with Crippen LogP contribution in [0.25, 0.3) is 44.0 Å². The molecule has 0 amide bonds. The molecule has 1 saturated carbocycles. The van der Waals surface area contributed by atoms with Crippen molar-refractivity contribution in [1.82, 2.24) is 14.5 Å². The summed E-state index contributed by atoms with van der Waals surface area (Å²) in [6, 6.07) is 10.7. The molecule has 1 aliphatic rings. The van der Waals surface area contributed by atoms with Gasteiger partial charge in [-0.25, -0.2) is 0 Å². The molecule has 1 fully saturated rings. The van der Waals surface area contributed by atoms with Crippen molar-refractivity contribution in [3.05, 3.63) is 64.6 Å². The van der Waals surface area contributed by atoms with Gasteiger partial charge in [0.15, 0.2) is 11.2 Å². The van der Waals surface area contributed by atoms with Crippen LogP contribution in [0, 0.1) is 18.3 Å². The second-order valence-corrected chi connectivity index (χ2v) is 11.8. The highest BCUT2D eigenvalue weighted by atomic mass is 32.3. The van der Waals surface area contributed by atoms with Crippen LogP contribution in [0.4, 0.5) is 3.89 Å². The fourth-order valence-electron chi connectivity index (χ4n) is 5.76. The van der Waals surface area contributed by atoms with Gasteiger partial charge in [-0.15, -0.1) is 6.42 Å². The van der Waals surface area contributed by atoms with Gasteiger partial charge in [-0.1, -0.05) is 42.6 Å². The summed E-state index contributed by atoms with van der Waals surface area (Å²) < 4.78 is 48.4. The van der Waals surface area contributed by atoms with Gasteiger partial charge in [0.05, 0.1) is 29.1 Å². The summed E-state index contributed by atoms with van der Waals surface area (Å²) in [6.45, 7) is 4.40. The maximum absolute atomic E-state index is 14.2. The second kappa shape index (κ2) is 10.2. The van der Waals surface area contributed by atoms with Crippen LogP contribution in [-0.4, -0.2) is 29.6 Å². The highest BCUT2D eigenvalue weighted by molar-refractivity contribution is 7.81. The molecule has 3 heterocycles. The predicted molar refractivity (Wildman–Crippen MR) is 157 cm³/mol. The van der Waals surface area contributed by atoms with E-state index in [1.165, 1.54) is 12.3 Å². The fourth-order valence-corrected chi connectivity index (χ4v) is 6.08. The van der Waals surface area contributed by atoms with Crippen molar-refractivity contribution >= 4 is 43.3 Å². The Morgan fingerprint density at radius 2 is 1.93 bits per heavy atom. The minimum atomic E-state index is -5.24. The average molecular weight is 574 g/mol. The van der Waals surface area contributed by atoms with Gasteiger partial charge in [-0.2, -0.15) is 8.42 Å². The zero-order valence-electron chi connectivity index (χ0n) is 22.6. The van der Waals surface area contributed by atoms with E-state index in [0.717, 1.165) is 48.4 Å². The van der Waals surface area contributed by atoms with Gasteiger partial charge < -0.3 is 18.5 Å². The highest BCUT2D eigenvalue weighted by Gasteiger charge is 2.26. The van der Waals surface area contributed by atoms with E-state index in [2.05, 4.69) is 24.6 Å². The number of nitrogens with zero attached hydrogens (tertiary/aromatic N) is 2. The van der Waals surface area contributed by atoms with Crippen LogP contribution < -0.4 is 14.3 Å². The van der Waals surface area contributed by atoms with Crippen LogP contribution in [0.1, 0.15) is 51.1 Å². The summed E-state index contributed by atoms with van der Waals surface area (Å²) in [5.41, 5.74) is 3.81. The summed E-state index contributed by atoms with van der Waals surface area (Å²) in [7, 11) is -5.24.